The highest BCUT2D eigenvalue weighted by Gasteiger charge is 2.18. The number of ether oxygens (including phenoxy) is 1. The van der Waals surface area contributed by atoms with Crippen molar-refractivity contribution in [2.45, 2.75) is 12.5 Å². The van der Waals surface area contributed by atoms with Crippen LogP contribution < -0.4 is 4.74 Å². The van der Waals surface area contributed by atoms with E-state index >= 15 is 0 Å². The van der Waals surface area contributed by atoms with Crippen LogP contribution in [0.25, 0.3) is 28.2 Å². The number of fused-ring (bicyclic) bond motifs is 1. The Kier molecular flexibility index (Phi) is 7.14. The molecule has 0 aliphatic heterocycles. The van der Waals surface area contributed by atoms with Crippen LogP contribution in [0.15, 0.2) is 84.9 Å². The number of amides is 1. The number of para-hydroxylation sites is 1. The van der Waals surface area contributed by atoms with Crippen molar-refractivity contribution in [3.63, 3.8) is 0 Å². The molecule has 0 bridgehead atoms. The van der Waals surface area contributed by atoms with Crippen molar-refractivity contribution in [1.82, 2.24) is 9.47 Å². The number of likely N-dealkylation sites (N-methyl/N-ethyl adjacent to an activating group) is 1. The predicted molar refractivity (Wildman–Crippen MR) is 138 cm³/mol. The first kappa shape index (κ1) is 23.3. The van der Waals surface area contributed by atoms with Crippen LogP contribution in [0.1, 0.15) is 23.7 Å². The highest BCUT2D eigenvalue weighted by Crippen LogP contribution is 2.38. The first-order chi connectivity index (χ1) is 16.5. The first-order valence-electron chi connectivity index (χ1n) is 11.4. The summed E-state index contributed by atoms with van der Waals surface area (Å²) in [5, 5.41) is 11.4. The molecule has 0 aliphatic rings. The number of methoxy groups -OCH3 is 1. The summed E-state index contributed by atoms with van der Waals surface area (Å²) >= 11 is 0. The van der Waals surface area contributed by atoms with Crippen molar-refractivity contribution in [2.75, 3.05) is 20.7 Å². The maximum absolute atomic E-state index is 12.9. The van der Waals surface area contributed by atoms with Gasteiger partial charge in [0.25, 0.3) is 0 Å². The van der Waals surface area contributed by atoms with Gasteiger partial charge in [-0.2, -0.15) is 0 Å². The van der Waals surface area contributed by atoms with Gasteiger partial charge in [-0.15, -0.1) is 0 Å². The van der Waals surface area contributed by atoms with E-state index in [1.165, 1.54) is 0 Å². The van der Waals surface area contributed by atoms with Crippen molar-refractivity contribution in [2.24, 2.45) is 7.05 Å². The van der Waals surface area contributed by atoms with Gasteiger partial charge in [-0.25, -0.2) is 0 Å². The Morgan fingerprint density at radius 3 is 2.38 bits per heavy atom. The molecule has 174 valence electrons. The van der Waals surface area contributed by atoms with Crippen LogP contribution in [-0.4, -0.2) is 41.2 Å². The average Bonchev–Trinajstić information content (AvgIpc) is 3.18. The van der Waals surface area contributed by atoms with Crippen LogP contribution >= 0.6 is 0 Å². The lowest BCUT2D eigenvalue weighted by molar-refractivity contribution is -0.125. The molecule has 1 amide bonds. The zero-order valence-corrected chi connectivity index (χ0v) is 19.8. The zero-order chi connectivity index (χ0) is 24.1. The SMILES string of the molecule is COc1cccc2c(C=CC(=O)N(C)CCC(O)c3ccccc3)c(-c3ccccc3)n(C)c12. The second kappa shape index (κ2) is 10.4. The second-order valence-electron chi connectivity index (χ2n) is 8.35. The number of carbonyl (C=O) groups excluding carboxylic acids is 1. The minimum Gasteiger partial charge on any atom is -0.495 e. The Morgan fingerprint density at radius 1 is 1.03 bits per heavy atom. The summed E-state index contributed by atoms with van der Waals surface area (Å²) in [6.45, 7) is 0.453. The molecule has 1 N–H and O–H groups in total. The lowest BCUT2D eigenvalue weighted by atomic mass is 10.0. The van der Waals surface area contributed by atoms with E-state index in [1.807, 2.05) is 79.9 Å². The minimum absolute atomic E-state index is 0.112. The number of hydrogen-bond donors (Lipinski definition) is 1. The van der Waals surface area contributed by atoms with E-state index in [0.717, 1.165) is 39.0 Å². The van der Waals surface area contributed by atoms with Gasteiger partial charge in [0.05, 0.1) is 24.4 Å². The van der Waals surface area contributed by atoms with Crippen molar-refractivity contribution in [3.8, 4) is 17.0 Å². The lowest BCUT2D eigenvalue weighted by Crippen LogP contribution is -2.27. The van der Waals surface area contributed by atoms with Crippen LogP contribution in [-0.2, 0) is 11.8 Å². The van der Waals surface area contributed by atoms with Crippen molar-refractivity contribution >= 4 is 22.9 Å². The maximum Gasteiger partial charge on any atom is 0.246 e. The van der Waals surface area contributed by atoms with Gasteiger partial charge in [0.1, 0.15) is 5.75 Å². The summed E-state index contributed by atoms with van der Waals surface area (Å²) in [6.07, 6.45) is 3.36. The van der Waals surface area contributed by atoms with E-state index in [4.69, 9.17) is 4.74 Å². The number of aromatic nitrogens is 1. The smallest absolute Gasteiger partial charge is 0.246 e. The van der Waals surface area contributed by atoms with E-state index in [-0.39, 0.29) is 5.91 Å². The van der Waals surface area contributed by atoms with Gasteiger partial charge >= 0.3 is 0 Å². The molecule has 3 aromatic carbocycles. The summed E-state index contributed by atoms with van der Waals surface area (Å²) in [6, 6.07) is 25.6. The molecule has 0 spiro atoms. The number of benzene rings is 3. The monoisotopic (exact) mass is 454 g/mol. The molecule has 1 heterocycles. The molecule has 5 heteroatoms. The van der Waals surface area contributed by atoms with Crippen molar-refractivity contribution in [1.29, 1.82) is 0 Å². The minimum atomic E-state index is -0.601. The third-order valence-corrected chi connectivity index (χ3v) is 6.17. The summed E-state index contributed by atoms with van der Waals surface area (Å²) in [7, 11) is 5.44. The summed E-state index contributed by atoms with van der Waals surface area (Å²) in [5.74, 6) is 0.675. The van der Waals surface area contributed by atoms with Gasteiger partial charge in [0.2, 0.25) is 5.91 Å². The molecule has 0 saturated carbocycles. The Labute approximate surface area is 200 Å². The maximum atomic E-state index is 12.9. The molecule has 0 radical (unpaired) electrons. The highest BCUT2D eigenvalue weighted by molar-refractivity contribution is 6.03. The quantitative estimate of drug-likeness (QED) is 0.360. The fourth-order valence-electron chi connectivity index (χ4n) is 4.33. The van der Waals surface area contributed by atoms with Gasteiger partial charge in [0, 0.05) is 37.7 Å². The van der Waals surface area contributed by atoms with Crippen LogP contribution in [0.3, 0.4) is 0 Å². The number of nitrogens with zero attached hydrogens (tertiary/aromatic N) is 2. The lowest BCUT2D eigenvalue weighted by Gasteiger charge is -2.18. The first-order valence-corrected chi connectivity index (χ1v) is 11.4. The molecule has 0 fully saturated rings. The molecule has 4 aromatic rings. The Balaban J connectivity index is 1.61. The number of aliphatic hydroxyl groups excluding tert-OH is 1. The van der Waals surface area contributed by atoms with Crippen molar-refractivity contribution in [3.05, 3.63) is 96.1 Å². The van der Waals surface area contributed by atoms with Gasteiger partial charge < -0.3 is 19.3 Å². The third-order valence-electron chi connectivity index (χ3n) is 6.17. The normalized spacial score (nSPS) is 12.2. The van der Waals surface area contributed by atoms with Crippen LogP contribution in [0.2, 0.25) is 0 Å². The molecule has 0 aliphatic carbocycles. The molecule has 4 rings (SSSR count). The molecule has 1 atom stereocenters. The predicted octanol–water partition coefficient (Wildman–Crippen LogP) is 5.45. The van der Waals surface area contributed by atoms with E-state index in [9.17, 15) is 9.90 Å². The molecule has 34 heavy (non-hydrogen) atoms. The van der Waals surface area contributed by atoms with Gasteiger partial charge in [-0.05, 0) is 29.7 Å². The van der Waals surface area contributed by atoms with Crippen LogP contribution in [0.4, 0.5) is 0 Å². The summed E-state index contributed by atoms with van der Waals surface area (Å²) in [5.41, 5.74) is 4.89. The number of aliphatic hydroxyl groups is 1. The van der Waals surface area contributed by atoms with Gasteiger partial charge in [-0.3, -0.25) is 4.79 Å². The average molecular weight is 455 g/mol. The molecule has 1 unspecified atom stereocenters. The standard InChI is InChI=1S/C29H30N2O3/c1-30(20-19-25(32)21-11-6-4-7-12-21)27(33)18-17-24-23-15-10-16-26(34-3)29(23)31(2)28(24)22-13-8-5-9-14-22/h4-18,25,32H,19-20H2,1-3H3. The number of hydrogen-bond acceptors (Lipinski definition) is 3. The second-order valence-corrected chi connectivity index (χ2v) is 8.35. The summed E-state index contributed by atoms with van der Waals surface area (Å²) < 4.78 is 7.74. The zero-order valence-electron chi connectivity index (χ0n) is 19.8. The summed E-state index contributed by atoms with van der Waals surface area (Å²) in [4.78, 5) is 14.5. The van der Waals surface area contributed by atoms with Crippen LogP contribution in [0.5, 0.6) is 5.75 Å². The van der Waals surface area contributed by atoms with Gasteiger partial charge in [0.15, 0.2) is 0 Å². The molecular formula is C29H30N2O3. The fraction of sp³-hybridized carbons (Fsp3) is 0.207. The Bertz CT molecular complexity index is 1290. The molecule has 5 nitrogen and oxygen atoms in total. The topological polar surface area (TPSA) is 54.7 Å². The van der Waals surface area contributed by atoms with Crippen molar-refractivity contribution < 1.29 is 14.6 Å². The number of aryl methyl sites for hydroxylation is 1. The Morgan fingerprint density at radius 2 is 1.71 bits per heavy atom. The van der Waals surface area contributed by atoms with E-state index in [2.05, 4.69) is 16.7 Å². The third kappa shape index (κ3) is 4.75. The largest absolute Gasteiger partial charge is 0.495 e. The van der Waals surface area contributed by atoms with Gasteiger partial charge in [-0.1, -0.05) is 72.8 Å². The van der Waals surface area contributed by atoms with E-state index in [1.54, 1.807) is 25.1 Å². The fourth-order valence-corrected chi connectivity index (χ4v) is 4.33. The highest BCUT2D eigenvalue weighted by atomic mass is 16.5. The molecule has 1 aromatic heterocycles. The van der Waals surface area contributed by atoms with Crippen LogP contribution in [0, 0.1) is 0 Å². The van der Waals surface area contributed by atoms with E-state index in [0.29, 0.717) is 13.0 Å². The Hall–Kier alpha value is -3.83. The van der Waals surface area contributed by atoms with E-state index < -0.39 is 6.10 Å². The number of rotatable bonds is 8. The number of carbonyl (C=O) groups is 1. The molecule has 0 saturated heterocycles. The molecular weight excluding hydrogens is 424 g/mol.